The van der Waals surface area contributed by atoms with Crippen molar-refractivity contribution in [2.75, 3.05) is 0 Å². The Kier molecular flexibility index (Phi) is 22.0. The number of rotatable bonds is 7. The summed E-state index contributed by atoms with van der Waals surface area (Å²) in [4.78, 5) is 0. The molecule has 0 amide bonds. The lowest BCUT2D eigenvalue weighted by atomic mass is 10.1. The van der Waals surface area contributed by atoms with Crippen LogP contribution in [-0.2, 0) is 6.42 Å². The van der Waals surface area contributed by atoms with Gasteiger partial charge in [0, 0.05) is 11.4 Å². The van der Waals surface area contributed by atoms with E-state index in [0.717, 1.165) is 24.2 Å². The van der Waals surface area contributed by atoms with Crippen LogP contribution in [0.25, 0.3) is 0 Å². The second-order valence-electron chi connectivity index (χ2n) is 7.41. The van der Waals surface area contributed by atoms with Crippen LogP contribution in [0.3, 0.4) is 0 Å². The van der Waals surface area contributed by atoms with Crippen molar-refractivity contribution < 1.29 is 0 Å². The van der Waals surface area contributed by atoms with Crippen molar-refractivity contribution in [1.82, 2.24) is 5.32 Å². The maximum absolute atomic E-state index is 3.49. The summed E-state index contributed by atoms with van der Waals surface area (Å²) in [5, 5.41) is 3.49. The first-order valence-electron chi connectivity index (χ1n) is 12.5. The Morgan fingerprint density at radius 2 is 1.33 bits per heavy atom. The lowest BCUT2D eigenvalue weighted by Gasteiger charge is -2.09. The third-order valence-corrected chi connectivity index (χ3v) is 4.18. The smallest absolute Gasteiger partial charge is 0.0340 e. The minimum absolute atomic E-state index is 0.955. The molecule has 0 bridgehead atoms. The normalized spacial score (nSPS) is 10.6. The van der Waals surface area contributed by atoms with Gasteiger partial charge in [-0.3, -0.25) is 0 Å². The van der Waals surface area contributed by atoms with Crippen LogP contribution >= 0.6 is 0 Å². The van der Waals surface area contributed by atoms with Crippen LogP contribution in [0.15, 0.2) is 102 Å². The van der Waals surface area contributed by atoms with Crippen LogP contribution in [0.5, 0.6) is 0 Å². The molecule has 0 spiro atoms. The van der Waals surface area contributed by atoms with E-state index in [1.54, 1.807) is 0 Å². The summed E-state index contributed by atoms with van der Waals surface area (Å²) < 4.78 is 0. The Labute approximate surface area is 206 Å². The summed E-state index contributed by atoms with van der Waals surface area (Å²) in [6.07, 6.45) is 12.8. The van der Waals surface area contributed by atoms with Crippen molar-refractivity contribution in [3.8, 4) is 0 Å². The molecule has 0 fully saturated rings. The number of hydrogen-bond donors (Lipinski definition) is 1. The van der Waals surface area contributed by atoms with Crippen LogP contribution in [0.1, 0.15) is 78.5 Å². The molecule has 0 aliphatic rings. The van der Waals surface area contributed by atoms with Gasteiger partial charge < -0.3 is 5.32 Å². The predicted molar refractivity (Wildman–Crippen MR) is 153 cm³/mol. The van der Waals surface area contributed by atoms with Crippen LogP contribution in [-0.4, -0.2) is 0 Å². The van der Waals surface area contributed by atoms with Crippen molar-refractivity contribution in [2.45, 2.75) is 82.1 Å². The molecular weight excluding hydrogens is 398 g/mol. The second-order valence-corrected chi connectivity index (χ2v) is 7.41. The lowest BCUT2D eigenvalue weighted by Crippen LogP contribution is -2.10. The van der Waals surface area contributed by atoms with Crippen LogP contribution in [0.2, 0.25) is 0 Å². The van der Waals surface area contributed by atoms with E-state index in [4.69, 9.17) is 0 Å². The summed E-state index contributed by atoms with van der Waals surface area (Å²) in [5.41, 5.74) is 7.55. The van der Waals surface area contributed by atoms with Gasteiger partial charge in [0.05, 0.1) is 0 Å². The van der Waals surface area contributed by atoms with Gasteiger partial charge in [-0.1, -0.05) is 124 Å². The number of allylic oxidation sites excluding steroid dienone is 6. The lowest BCUT2D eigenvalue weighted by molar-refractivity contribution is 1.00. The first-order valence-corrected chi connectivity index (χ1v) is 12.5. The monoisotopic (exact) mass is 447 g/mol. The predicted octanol–water partition coefficient (Wildman–Crippen LogP) is 9.89. The summed E-state index contributed by atoms with van der Waals surface area (Å²) in [7, 11) is 0. The molecule has 0 saturated heterocycles. The fraction of sp³-hybridized carbons (Fsp3) is 0.375. The summed E-state index contributed by atoms with van der Waals surface area (Å²) in [5.74, 6) is 0. The first-order chi connectivity index (χ1) is 15.9. The largest absolute Gasteiger partial charge is 0.356 e. The molecule has 2 aromatic rings. The Bertz CT molecular complexity index is 815. The van der Waals surface area contributed by atoms with Gasteiger partial charge in [-0.25, -0.2) is 0 Å². The van der Waals surface area contributed by atoms with Gasteiger partial charge in [-0.15, -0.1) is 0 Å². The quantitative estimate of drug-likeness (QED) is 0.416. The zero-order chi connectivity index (χ0) is 25.5. The van der Waals surface area contributed by atoms with E-state index >= 15 is 0 Å². The molecule has 33 heavy (non-hydrogen) atoms. The average Bonchev–Trinajstić information content (AvgIpc) is 2.83. The molecule has 0 saturated carbocycles. The van der Waals surface area contributed by atoms with Crippen molar-refractivity contribution in [2.24, 2.45) is 0 Å². The highest BCUT2D eigenvalue weighted by atomic mass is 14.9. The number of hydrogen-bond acceptors (Lipinski definition) is 1. The van der Waals surface area contributed by atoms with Crippen LogP contribution in [0.4, 0.5) is 0 Å². The maximum atomic E-state index is 3.49. The molecule has 0 aromatic heterocycles. The molecule has 0 radical (unpaired) electrons. The average molecular weight is 448 g/mol. The minimum Gasteiger partial charge on any atom is -0.356 e. The summed E-state index contributed by atoms with van der Waals surface area (Å²) in [6.45, 7) is 20.6. The molecule has 1 heteroatoms. The Balaban J connectivity index is 0. The molecule has 2 aromatic carbocycles. The molecule has 1 nitrogen and oxygen atoms in total. The Morgan fingerprint density at radius 3 is 1.76 bits per heavy atom. The van der Waals surface area contributed by atoms with Gasteiger partial charge >= 0.3 is 0 Å². The van der Waals surface area contributed by atoms with Gasteiger partial charge in [-0.05, 0) is 65.2 Å². The molecular formula is C32H49N. The Hall–Kier alpha value is -2.80. The van der Waals surface area contributed by atoms with Crippen molar-refractivity contribution >= 4 is 0 Å². The van der Waals surface area contributed by atoms with Gasteiger partial charge in [0.25, 0.3) is 0 Å². The highest BCUT2D eigenvalue weighted by Crippen LogP contribution is 2.07. The fourth-order valence-electron chi connectivity index (χ4n) is 2.63. The van der Waals surface area contributed by atoms with E-state index in [9.17, 15) is 0 Å². The zero-order valence-corrected chi connectivity index (χ0v) is 23.0. The minimum atomic E-state index is 0.955. The zero-order valence-electron chi connectivity index (χ0n) is 23.0. The number of aryl methyl sites for hydroxylation is 2. The van der Waals surface area contributed by atoms with Crippen molar-refractivity contribution in [1.29, 1.82) is 0 Å². The fourth-order valence-corrected chi connectivity index (χ4v) is 2.63. The maximum Gasteiger partial charge on any atom is 0.0340 e. The standard InChI is InChI=1S/C21H29N.C7H8.2C2H6/c1-6-9-21(22-20(7-2)16-17(3)4)11-8-10-19-14-12-18(5)13-15-19;1-7-5-3-2-4-6-7;2*1-2/h7-9,11-16,22H,6,10H2,1-5H3;2-6H,1H3;2*1-2H3/b11-8-,20-7+,21-9+;;;. The topological polar surface area (TPSA) is 12.0 Å². The molecule has 0 unspecified atom stereocenters. The number of benzene rings is 2. The third-order valence-electron chi connectivity index (χ3n) is 4.18. The van der Waals surface area contributed by atoms with E-state index in [-0.39, 0.29) is 0 Å². The highest BCUT2D eigenvalue weighted by Gasteiger charge is 1.95. The van der Waals surface area contributed by atoms with Gasteiger partial charge in [0.1, 0.15) is 0 Å². The summed E-state index contributed by atoms with van der Waals surface area (Å²) >= 11 is 0. The first kappa shape index (κ1) is 32.4. The summed E-state index contributed by atoms with van der Waals surface area (Å²) in [6, 6.07) is 19.0. The molecule has 0 aliphatic heterocycles. The van der Waals surface area contributed by atoms with Gasteiger partial charge in [-0.2, -0.15) is 0 Å². The van der Waals surface area contributed by atoms with Crippen molar-refractivity contribution in [3.63, 3.8) is 0 Å². The van der Waals surface area contributed by atoms with E-state index in [2.05, 4.69) is 114 Å². The molecule has 1 N–H and O–H groups in total. The Morgan fingerprint density at radius 1 is 0.788 bits per heavy atom. The van der Waals surface area contributed by atoms with Crippen LogP contribution < -0.4 is 5.32 Å². The highest BCUT2D eigenvalue weighted by molar-refractivity contribution is 5.30. The van der Waals surface area contributed by atoms with E-state index in [1.165, 1.54) is 22.3 Å². The van der Waals surface area contributed by atoms with Gasteiger partial charge in [0.15, 0.2) is 0 Å². The molecule has 0 aliphatic carbocycles. The van der Waals surface area contributed by atoms with Gasteiger partial charge in [0.2, 0.25) is 0 Å². The second kappa shape index (κ2) is 22.4. The molecule has 2 rings (SSSR count). The SMILES string of the molecule is C/C=C(\C=C(C)C)NC(/C=C\Cc1ccc(C)cc1)=C/CC.CC.CC.Cc1ccccc1. The van der Waals surface area contributed by atoms with Crippen molar-refractivity contribution in [3.05, 3.63) is 119 Å². The third kappa shape index (κ3) is 18.5. The van der Waals surface area contributed by atoms with Crippen LogP contribution in [0, 0.1) is 13.8 Å². The molecule has 0 atom stereocenters. The van der Waals surface area contributed by atoms with E-state index in [1.807, 2.05) is 45.9 Å². The van der Waals surface area contributed by atoms with E-state index in [0.29, 0.717) is 0 Å². The molecule has 0 heterocycles. The van der Waals surface area contributed by atoms with E-state index < -0.39 is 0 Å². The molecule has 182 valence electrons. The number of nitrogens with one attached hydrogen (secondary N) is 1.